The molecule has 0 saturated carbocycles. The number of pyridine rings is 1. The molecule has 162 valence electrons. The first kappa shape index (κ1) is 19.4. The van der Waals surface area contributed by atoms with Crippen LogP contribution in [-0.4, -0.2) is 19.7 Å². The number of hydrogen-bond donors (Lipinski definition) is 0. The Bertz CT molecular complexity index is 1710. The lowest BCUT2D eigenvalue weighted by Crippen LogP contribution is -2.08. The van der Waals surface area contributed by atoms with Crippen LogP contribution in [0.2, 0.25) is 0 Å². The molecule has 0 aliphatic heterocycles. The van der Waals surface area contributed by atoms with Gasteiger partial charge in [-0.1, -0.05) is 42.4 Å². The molecular formula is C26H20N4O3. The molecule has 4 aromatic heterocycles. The van der Waals surface area contributed by atoms with Crippen LogP contribution in [0.4, 0.5) is 0 Å². The van der Waals surface area contributed by atoms with E-state index in [1.807, 2.05) is 41.0 Å². The zero-order valence-corrected chi connectivity index (χ0v) is 18.2. The van der Waals surface area contributed by atoms with Crippen molar-refractivity contribution in [2.45, 2.75) is 26.8 Å². The van der Waals surface area contributed by atoms with E-state index in [0.29, 0.717) is 29.5 Å². The van der Waals surface area contributed by atoms with Gasteiger partial charge in [0.1, 0.15) is 5.52 Å². The molecule has 4 heterocycles. The minimum absolute atomic E-state index is 0.357. The van der Waals surface area contributed by atoms with Crippen LogP contribution in [0, 0.1) is 6.92 Å². The first-order valence-electron chi connectivity index (χ1n) is 10.8. The van der Waals surface area contributed by atoms with Gasteiger partial charge in [-0.2, -0.15) is 4.98 Å². The van der Waals surface area contributed by atoms with Gasteiger partial charge >= 0.3 is 5.63 Å². The van der Waals surface area contributed by atoms with Gasteiger partial charge in [-0.25, -0.2) is 9.78 Å². The summed E-state index contributed by atoms with van der Waals surface area (Å²) in [4.78, 5) is 21.7. The van der Waals surface area contributed by atoms with Crippen molar-refractivity contribution >= 4 is 32.9 Å². The Hall–Kier alpha value is -4.26. The highest BCUT2D eigenvalue weighted by atomic mass is 16.5. The zero-order chi connectivity index (χ0) is 22.5. The van der Waals surface area contributed by atoms with E-state index in [9.17, 15) is 4.79 Å². The molecule has 33 heavy (non-hydrogen) atoms. The summed E-state index contributed by atoms with van der Waals surface area (Å²) in [7, 11) is 0. The lowest BCUT2D eigenvalue weighted by atomic mass is 10.1. The van der Waals surface area contributed by atoms with Crippen molar-refractivity contribution in [3.63, 3.8) is 0 Å². The number of fused-ring (bicyclic) bond motifs is 5. The van der Waals surface area contributed by atoms with Crippen LogP contribution < -0.4 is 5.63 Å². The Morgan fingerprint density at radius 2 is 1.82 bits per heavy atom. The highest BCUT2D eigenvalue weighted by Gasteiger charge is 2.19. The van der Waals surface area contributed by atoms with E-state index in [1.54, 1.807) is 13.1 Å². The SMILES string of the molecule is CCc1ccc2c(c1)c1c3cccnc3oc(=O)c1n2Cc1ccc(-c2noc(C)n2)cc1. The van der Waals surface area contributed by atoms with E-state index in [1.165, 1.54) is 5.56 Å². The van der Waals surface area contributed by atoms with E-state index in [-0.39, 0.29) is 5.63 Å². The summed E-state index contributed by atoms with van der Waals surface area (Å²) >= 11 is 0. The van der Waals surface area contributed by atoms with E-state index in [0.717, 1.165) is 39.2 Å². The molecule has 0 amide bonds. The van der Waals surface area contributed by atoms with Crippen molar-refractivity contribution in [3.8, 4) is 11.4 Å². The van der Waals surface area contributed by atoms with Gasteiger partial charge in [0.15, 0.2) is 0 Å². The van der Waals surface area contributed by atoms with Crippen LogP contribution in [-0.2, 0) is 13.0 Å². The molecule has 0 N–H and O–H groups in total. The summed E-state index contributed by atoms with van der Waals surface area (Å²) in [6.07, 6.45) is 2.55. The Morgan fingerprint density at radius 1 is 1.00 bits per heavy atom. The lowest BCUT2D eigenvalue weighted by Gasteiger charge is -2.08. The third-order valence-electron chi connectivity index (χ3n) is 6.04. The normalized spacial score (nSPS) is 11.7. The molecular weight excluding hydrogens is 416 g/mol. The summed E-state index contributed by atoms with van der Waals surface area (Å²) in [5.41, 5.74) is 4.65. The molecule has 6 aromatic rings. The van der Waals surface area contributed by atoms with Crippen LogP contribution in [0.15, 0.2) is 74.5 Å². The van der Waals surface area contributed by atoms with Crippen LogP contribution in [0.5, 0.6) is 0 Å². The van der Waals surface area contributed by atoms with Crippen molar-refractivity contribution in [3.05, 3.63) is 88.2 Å². The Labute approximate surface area is 188 Å². The van der Waals surface area contributed by atoms with Gasteiger partial charge in [0.25, 0.3) is 0 Å². The average molecular weight is 436 g/mol. The standard InChI is InChI=1S/C26H20N4O3/c1-3-16-8-11-21-20(13-16)22-19-5-4-12-27-25(19)32-26(31)23(22)30(21)14-17-6-9-18(10-7-17)24-28-15(2)33-29-24/h4-13H,3,14H2,1-2H3. The Morgan fingerprint density at radius 3 is 2.58 bits per heavy atom. The van der Waals surface area contributed by atoms with Crippen LogP contribution in [0.25, 0.3) is 44.3 Å². The van der Waals surface area contributed by atoms with Crippen molar-refractivity contribution < 1.29 is 8.94 Å². The number of hydrogen-bond acceptors (Lipinski definition) is 6. The van der Waals surface area contributed by atoms with Gasteiger partial charge < -0.3 is 13.5 Å². The maximum atomic E-state index is 13.1. The smallest absolute Gasteiger partial charge is 0.362 e. The number of rotatable bonds is 4. The third-order valence-corrected chi connectivity index (χ3v) is 6.04. The topological polar surface area (TPSA) is 87.0 Å². The molecule has 7 nitrogen and oxygen atoms in total. The maximum absolute atomic E-state index is 13.1. The largest absolute Gasteiger partial charge is 0.402 e. The summed E-state index contributed by atoms with van der Waals surface area (Å²) in [6.45, 7) is 4.41. The molecule has 2 aromatic carbocycles. The highest BCUT2D eigenvalue weighted by molar-refractivity contribution is 6.18. The Kier molecular flexibility index (Phi) is 4.36. The molecule has 0 bridgehead atoms. The van der Waals surface area contributed by atoms with Gasteiger partial charge in [0.2, 0.25) is 17.4 Å². The second-order valence-electron chi connectivity index (χ2n) is 8.09. The summed E-state index contributed by atoms with van der Waals surface area (Å²) < 4.78 is 12.7. The highest BCUT2D eigenvalue weighted by Crippen LogP contribution is 2.33. The zero-order valence-electron chi connectivity index (χ0n) is 18.2. The second-order valence-corrected chi connectivity index (χ2v) is 8.09. The van der Waals surface area contributed by atoms with Crippen molar-refractivity contribution in [2.24, 2.45) is 0 Å². The molecule has 6 rings (SSSR count). The number of aryl methyl sites for hydroxylation is 2. The third kappa shape index (κ3) is 3.12. The Balaban J connectivity index is 1.56. The van der Waals surface area contributed by atoms with Gasteiger partial charge in [0, 0.05) is 46.9 Å². The number of nitrogens with zero attached hydrogens (tertiary/aromatic N) is 4. The number of aromatic nitrogens is 4. The van der Waals surface area contributed by atoms with Gasteiger partial charge in [-0.3, -0.25) is 0 Å². The quantitative estimate of drug-likeness (QED) is 0.374. The molecule has 0 radical (unpaired) electrons. The first-order chi connectivity index (χ1) is 16.1. The summed E-state index contributed by atoms with van der Waals surface area (Å²) in [6, 6.07) is 18.2. The lowest BCUT2D eigenvalue weighted by molar-refractivity contribution is 0.394. The van der Waals surface area contributed by atoms with E-state index in [2.05, 4.69) is 40.2 Å². The molecule has 0 spiro atoms. The molecule has 0 aliphatic carbocycles. The molecule has 0 aliphatic rings. The fourth-order valence-electron chi connectivity index (χ4n) is 4.43. The summed E-state index contributed by atoms with van der Waals surface area (Å²) in [5, 5.41) is 6.74. The fraction of sp³-hybridized carbons (Fsp3) is 0.154. The van der Waals surface area contributed by atoms with Crippen LogP contribution >= 0.6 is 0 Å². The molecule has 0 unspecified atom stereocenters. The number of benzene rings is 2. The van der Waals surface area contributed by atoms with Crippen molar-refractivity contribution in [1.82, 2.24) is 19.7 Å². The van der Waals surface area contributed by atoms with Crippen LogP contribution in [0.1, 0.15) is 23.9 Å². The van der Waals surface area contributed by atoms with Gasteiger partial charge in [-0.15, -0.1) is 0 Å². The molecule has 0 atom stereocenters. The van der Waals surface area contributed by atoms with Crippen molar-refractivity contribution in [1.29, 1.82) is 0 Å². The van der Waals surface area contributed by atoms with Crippen molar-refractivity contribution in [2.75, 3.05) is 0 Å². The maximum Gasteiger partial charge on any atom is 0.362 e. The van der Waals surface area contributed by atoms with E-state index < -0.39 is 0 Å². The molecule has 0 fully saturated rings. The van der Waals surface area contributed by atoms with E-state index in [4.69, 9.17) is 8.94 Å². The minimum Gasteiger partial charge on any atom is -0.402 e. The first-order valence-corrected chi connectivity index (χ1v) is 10.8. The fourth-order valence-corrected chi connectivity index (χ4v) is 4.43. The molecule has 0 saturated heterocycles. The predicted molar refractivity (Wildman–Crippen MR) is 126 cm³/mol. The van der Waals surface area contributed by atoms with Crippen LogP contribution in [0.3, 0.4) is 0 Å². The summed E-state index contributed by atoms with van der Waals surface area (Å²) in [5.74, 6) is 1.09. The second kappa shape index (κ2) is 7.41. The minimum atomic E-state index is -0.385. The molecule has 7 heteroatoms. The van der Waals surface area contributed by atoms with Gasteiger partial charge in [0.05, 0.1) is 0 Å². The predicted octanol–water partition coefficient (Wildman–Crippen LogP) is 5.27. The van der Waals surface area contributed by atoms with E-state index >= 15 is 0 Å². The monoisotopic (exact) mass is 436 g/mol. The van der Waals surface area contributed by atoms with Gasteiger partial charge in [-0.05, 0) is 41.8 Å². The average Bonchev–Trinajstić information content (AvgIpc) is 3.41.